The number of ether oxygens (including phenoxy) is 2. The lowest BCUT2D eigenvalue weighted by atomic mass is 9.98. The van der Waals surface area contributed by atoms with Crippen LogP contribution >= 0.6 is 12.4 Å². The Balaban J connectivity index is 0.00000341. The Bertz CT molecular complexity index is 890. The van der Waals surface area contributed by atoms with E-state index in [4.69, 9.17) is 14.3 Å². The topological polar surface area (TPSA) is 80.6 Å². The molecule has 168 valence electrons. The zero-order valence-electron chi connectivity index (χ0n) is 17.8. The normalized spacial score (nSPS) is 16.8. The van der Waals surface area contributed by atoms with Crippen molar-refractivity contribution in [2.24, 2.45) is 11.1 Å². The highest BCUT2D eigenvalue weighted by molar-refractivity contribution is 6.14. The van der Waals surface area contributed by atoms with Gasteiger partial charge in [-0.2, -0.15) is 0 Å². The van der Waals surface area contributed by atoms with E-state index < -0.39 is 5.97 Å². The zero-order chi connectivity index (χ0) is 21.3. The first kappa shape index (κ1) is 24.5. The summed E-state index contributed by atoms with van der Waals surface area (Å²) in [5.74, 6) is 0.393. The standard InChI is InChI=1S/C23H28N2O5.ClH/c1-28-19-9-5-7-17(15-19)22(20-10-3-4-11-21(20)29-2)24-30-14-13-25-12-6-8-18(16-25)23(26)27;/h3-5,7,9-11,15,18H,6,8,12-14,16H2,1-2H3,(H,26,27);1H/t18-;/m1./s1. The third kappa shape index (κ3) is 6.60. The molecule has 0 aromatic heterocycles. The molecule has 31 heavy (non-hydrogen) atoms. The highest BCUT2D eigenvalue weighted by atomic mass is 35.5. The monoisotopic (exact) mass is 448 g/mol. The van der Waals surface area contributed by atoms with Crippen molar-refractivity contribution in [3.05, 3.63) is 59.7 Å². The number of para-hydroxylation sites is 1. The lowest BCUT2D eigenvalue weighted by Gasteiger charge is -2.29. The average molecular weight is 449 g/mol. The van der Waals surface area contributed by atoms with Gasteiger partial charge in [0.2, 0.25) is 0 Å². The maximum Gasteiger partial charge on any atom is 0.307 e. The van der Waals surface area contributed by atoms with E-state index in [9.17, 15) is 9.90 Å². The quantitative estimate of drug-likeness (QED) is 0.358. The van der Waals surface area contributed by atoms with E-state index in [1.54, 1.807) is 14.2 Å². The van der Waals surface area contributed by atoms with Crippen LogP contribution in [0.2, 0.25) is 0 Å². The van der Waals surface area contributed by atoms with Crippen LogP contribution in [0.3, 0.4) is 0 Å². The second-order valence-corrected chi connectivity index (χ2v) is 7.18. The van der Waals surface area contributed by atoms with Gasteiger partial charge in [-0.3, -0.25) is 9.69 Å². The summed E-state index contributed by atoms with van der Waals surface area (Å²) in [7, 11) is 3.25. The molecule has 1 saturated heterocycles. The van der Waals surface area contributed by atoms with Crippen LogP contribution in [0.15, 0.2) is 53.7 Å². The third-order valence-corrected chi connectivity index (χ3v) is 5.21. The van der Waals surface area contributed by atoms with Crippen LogP contribution in [0.25, 0.3) is 0 Å². The Morgan fingerprint density at radius 2 is 1.97 bits per heavy atom. The first-order valence-electron chi connectivity index (χ1n) is 10.0. The number of hydrogen-bond donors (Lipinski definition) is 1. The zero-order valence-corrected chi connectivity index (χ0v) is 18.6. The van der Waals surface area contributed by atoms with E-state index in [1.807, 2.05) is 48.5 Å². The Morgan fingerprint density at radius 1 is 1.16 bits per heavy atom. The minimum atomic E-state index is -0.727. The number of nitrogens with zero attached hydrogens (tertiary/aromatic N) is 2. The van der Waals surface area contributed by atoms with Crippen molar-refractivity contribution in [1.29, 1.82) is 0 Å². The molecule has 0 spiro atoms. The molecular formula is C23H29ClN2O5. The molecule has 1 N–H and O–H groups in total. The van der Waals surface area contributed by atoms with Gasteiger partial charge < -0.3 is 19.4 Å². The molecule has 0 radical (unpaired) electrons. The molecule has 1 aliphatic heterocycles. The molecular weight excluding hydrogens is 420 g/mol. The molecule has 8 heteroatoms. The highest BCUT2D eigenvalue weighted by Gasteiger charge is 2.25. The van der Waals surface area contributed by atoms with Gasteiger partial charge in [0.1, 0.15) is 23.8 Å². The van der Waals surface area contributed by atoms with Gasteiger partial charge in [-0.25, -0.2) is 0 Å². The summed E-state index contributed by atoms with van der Waals surface area (Å²) in [6.07, 6.45) is 1.62. The first-order valence-corrected chi connectivity index (χ1v) is 10.0. The molecule has 0 unspecified atom stereocenters. The lowest BCUT2D eigenvalue weighted by Crippen LogP contribution is -2.40. The first-order chi connectivity index (χ1) is 14.6. The maximum atomic E-state index is 11.2. The summed E-state index contributed by atoms with van der Waals surface area (Å²) in [6, 6.07) is 15.3. The van der Waals surface area contributed by atoms with Gasteiger partial charge in [0.05, 0.1) is 20.1 Å². The number of benzene rings is 2. The van der Waals surface area contributed by atoms with Crippen LogP contribution in [0.5, 0.6) is 11.5 Å². The Morgan fingerprint density at radius 3 is 2.71 bits per heavy atom. The number of rotatable bonds is 9. The Hall–Kier alpha value is -2.77. The van der Waals surface area contributed by atoms with Crippen LogP contribution in [0.4, 0.5) is 0 Å². The summed E-state index contributed by atoms with van der Waals surface area (Å²) in [6.45, 7) is 2.43. The van der Waals surface area contributed by atoms with Crippen LogP contribution in [-0.4, -0.2) is 62.1 Å². The molecule has 1 aliphatic rings. The third-order valence-electron chi connectivity index (χ3n) is 5.21. The van der Waals surface area contributed by atoms with Crippen molar-refractivity contribution in [2.45, 2.75) is 12.8 Å². The SMILES string of the molecule is COc1cccc(C(=NOCCN2CCC[C@@H](C(=O)O)C2)c2ccccc2OC)c1.Cl. The second kappa shape index (κ2) is 12.2. The van der Waals surface area contributed by atoms with Gasteiger partial charge in [0.15, 0.2) is 0 Å². The number of hydrogen-bond acceptors (Lipinski definition) is 6. The number of methoxy groups -OCH3 is 2. The van der Waals surface area contributed by atoms with Gasteiger partial charge in [0, 0.05) is 24.2 Å². The molecule has 2 aromatic carbocycles. The average Bonchev–Trinajstić information content (AvgIpc) is 2.79. The Kier molecular flexibility index (Phi) is 9.62. The molecule has 0 amide bonds. The fourth-order valence-corrected chi connectivity index (χ4v) is 3.61. The van der Waals surface area contributed by atoms with Gasteiger partial charge in [-0.05, 0) is 43.7 Å². The molecule has 1 atom stereocenters. The molecule has 0 saturated carbocycles. The number of piperidine rings is 1. The summed E-state index contributed by atoms with van der Waals surface area (Å²) in [5, 5.41) is 13.7. The van der Waals surface area contributed by atoms with E-state index in [0.717, 1.165) is 36.3 Å². The summed E-state index contributed by atoms with van der Waals surface area (Å²) < 4.78 is 10.9. The van der Waals surface area contributed by atoms with Gasteiger partial charge in [-0.15, -0.1) is 12.4 Å². The van der Waals surface area contributed by atoms with Gasteiger partial charge in [-0.1, -0.05) is 29.4 Å². The number of likely N-dealkylation sites (tertiary alicyclic amines) is 1. The second-order valence-electron chi connectivity index (χ2n) is 7.18. The maximum absolute atomic E-state index is 11.2. The number of carbonyl (C=O) groups is 1. The predicted molar refractivity (Wildman–Crippen MR) is 122 cm³/mol. The van der Waals surface area contributed by atoms with Gasteiger partial charge in [0.25, 0.3) is 0 Å². The molecule has 0 bridgehead atoms. The predicted octanol–water partition coefficient (Wildman–Crippen LogP) is 3.69. The minimum Gasteiger partial charge on any atom is -0.497 e. The number of carboxylic acids is 1. The van der Waals surface area contributed by atoms with Crippen LogP contribution in [0, 0.1) is 5.92 Å². The van der Waals surface area contributed by atoms with Crippen LogP contribution in [-0.2, 0) is 9.63 Å². The molecule has 1 fully saturated rings. The van der Waals surface area contributed by atoms with Crippen molar-refractivity contribution < 1.29 is 24.2 Å². The number of aliphatic carboxylic acids is 1. The summed E-state index contributed by atoms with van der Waals surface area (Å²) in [4.78, 5) is 19.0. The lowest BCUT2D eigenvalue weighted by molar-refractivity contribution is -0.143. The molecule has 2 aromatic rings. The fraction of sp³-hybridized carbons (Fsp3) is 0.391. The van der Waals surface area contributed by atoms with E-state index in [-0.39, 0.29) is 18.3 Å². The molecule has 3 rings (SSSR count). The van der Waals surface area contributed by atoms with Crippen molar-refractivity contribution >= 4 is 24.1 Å². The summed E-state index contributed by atoms with van der Waals surface area (Å²) in [5.41, 5.74) is 2.31. The molecule has 1 heterocycles. The van der Waals surface area contributed by atoms with E-state index in [2.05, 4.69) is 10.1 Å². The van der Waals surface area contributed by atoms with Crippen molar-refractivity contribution in [1.82, 2.24) is 4.90 Å². The Labute approximate surface area is 189 Å². The molecule has 7 nitrogen and oxygen atoms in total. The van der Waals surface area contributed by atoms with Crippen molar-refractivity contribution in [3.63, 3.8) is 0 Å². The minimum absolute atomic E-state index is 0. The van der Waals surface area contributed by atoms with Crippen molar-refractivity contribution in [3.8, 4) is 11.5 Å². The molecule has 0 aliphatic carbocycles. The van der Waals surface area contributed by atoms with Crippen LogP contribution < -0.4 is 9.47 Å². The smallest absolute Gasteiger partial charge is 0.307 e. The van der Waals surface area contributed by atoms with E-state index >= 15 is 0 Å². The van der Waals surface area contributed by atoms with E-state index in [1.165, 1.54) is 0 Å². The largest absolute Gasteiger partial charge is 0.497 e. The van der Waals surface area contributed by atoms with Gasteiger partial charge >= 0.3 is 5.97 Å². The number of halogens is 1. The van der Waals surface area contributed by atoms with Crippen LogP contribution in [0.1, 0.15) is 24.0 Å². The summed E-state index contributed by atoms with van der Waals surface area (Å²) >= 11 is 0. The fourth-order valence-electron chi connectivity index (χ4n) is 3.61. The van der Waals surface area contributed by atoms with E-state index in [0.29, 0.717) is 31.2 Å². The number of carboxylic acid groups (broad SMARTS) is 1. The van der Waals surface area contributed by atoms with Crippen molar-refractivity contribution in [2.75, 3.05) is 40.5 Å². The highest BCUT2D eigenvalue weighted by Crippen LogP contribution is 2.24. The number of oxime groups is 1.